The van der Waals surface area contributed by atoms with E-state index in [2.05, 4.69) is 4.98 Å². The van der Waals surface area contributed by atoms with Gasteiger partial charge in [0.05, 0.1) is 5.41 Å². The predicted octanol–water partition coefficient (Wildman–Crippen LogP) is 2.06. The minimum atomic E-state index is -1.05. The van der Waals surface area contributed by atoms with Crippen molar-refractivity contribution in [2.24, 2.45) is 5.41 Å². The largest absolute Gasteiger partial charge is 0.478 e. The fourth-order valence-electron chi connectivity index (χ4n) is 3.04. The molecule has 0 aromatic carbocycles. The molecule has 3 rings (SSSR count). The van der Waals surface area contributed by atoms with Crippen molar-refractivity contribution in [3.05, 3.63) is 17.2 Å². The number of hydrogen-bond acceptors (Lipinski definition) is 5. The topological polar surface area (TPSA) is 87.6 Å². The van der Waals surface area contributed by atoms with Gasteiger partial charge in [-0.25, -0.2) is 14.7 Å². The van der Waals surface area contributed by atoms with Crippen molar-refractivity contribution in [3.8, 4) is 0 Å². The van der Waals surface area contributed by atoms with Crippen molar-refractivity contribution in [2.75, 3.05) is 4.90 Å². The zero-order valence-corrected chi connectivity index (χ0v) is 12.1. The number of carbonyl (C=O) groups excluding carboxylic acids is 2. The van der Waals surface area contributed by atoms with Gasteiger partial charge in [0, 0.05) is 23.6 Å². The molecular weight excluding hydrogens is 292 g/mol. The van der Waals surface area contributed by atoms with Crippen LogP contribution in [0.4, 0.5) is 5.13 Å². The van der Waals surface area contributed by atoms with E-state index in [4.69, 9.17) is 5.11 Å². The third kappa shape index (κ3) is 2.37. The molecule has 2 heterocycles. The molecule has 1 spiro atoms. The Labute approximate surface area is 125 Å². The lowest BCUT2D eigenvalue weighted by Gasteiger charge is -2.19. The molecule has 0 radical (unpaired) electrons. The van der Waals surface area contributed by atoms with E-state index < -0.39 is 11.4 Å². The Morgan fingerprint density at radius 1 is 1.38 bits per heavy atom. The molecule has 2 aliphatic rings. The molecule has 1 N–H and O–H groups in total. The quantitative estimate of drug-likeness (QED) is 0.682. The third-order valence-electron chi connectivity index (χ3n) is 4.05. The van der Waals surface area contributed by atoms with Crippen molar-refractivity contribution < 1.29 is 19.5 Å². The average Bonchev–Trinajstić information content (AvgIpc) is 3.11. The Morgan fingerprint density at radius 2 is 2.10 bits per heavy atom. The number of carbonyl (C=O) groups is 3. The van der Waals surface area contributed by atoms with Gasteiger partial charge in [0.25, 0.3) is 0 Å². The van der Waals surface area contributed by atoms with Crippen molar-refractivity contribution >= 4 is 40.3 Å². The number of rotatable bonds is 3. The molecule has 0 atom stereocenters. The van der Waals surface area contributed by atoms with Crippen molar-refractivity contribution in [1.82, 2.24) is 4.98 Å². The van der Waals surface area contributed by atoms with Gasteiger partial charge in [-0.15, -0.1) is 0 Å². The zero-order chi connectivity index (χ0) is 15.0. The lowest BCUT2D eigenvalue weighted by Crippen LogP contribution is -2.34. The minimum absolute atomic E-state index is 0.145. The predicted molar refractivity (Wildman–Crippen MR) is 76.8 cm³/mol. The van der Waals surface area contributed by atoms with E-state index >= 15 is 0 Å². The summed E-state index contributed by atoms with van der Waals surface area (Å²) in [5.41, 5.74) is -0.514. The van der Waals surface area contributed by atoms with Crippen LogP contribution in [0.5, 0.6) is 0 Å². The Bertz CT molecular complexity index is 643. The third-order valence-corrected chi connectivity index (χ3v) is 5.00. The molecule has 110 valence electrons. The van der Waals surface area contributed by atoms with Gasteiger partial charge in [-0.2, -0.15) is 0 Å². The summed E-state index contributed by atoms with van der Waals surface area (Å²) in [6.07, 6.45) is 7.65. The van der Waals surface area contributed by atoms with E-state index in [0.717, 1.165) is 43.1 Å². The SMILES string of the molecule is O=C(O)C=Cc1cnc(N2C(=O)CC3(CCCC3)C2=O)s1. The number of anilines is 1. The number of nitrogens with zero attached hydrogens (tertiary/aromatic N) is 2. The standard InChI is InChI=1S/C14H14N2O4S/c17-10-7-14(5-1-2-6-14)12(20)16(10)13-15-8-9(21-13)3-4-11(18)19/h3-4,8H,1-2,5-7H2,(H,18,19). The minimum Gasteiger partial charge on any atom is -0.478 e. The first-order chi connectivity index (χ1) is 10.0. The summed E-state index contributed by atoms with van der Waals surface area (Å²) in [6.45, 7) is 0. The number of carboxylic acid groups (broad SMARTS) is 1. The zero-order valence-electron chi connectivity index (χ0n) is 11.2. The second-order valence-electron chi connectivity index (χ2n) is 5.42. The monoisotopic (exact) mass is 306 g/mol. The molecule has 2 fully saturated rings. The van der Waals surface area contributed by atoms with Crippen LogP contribution in [0, 0.1) is 5.41 Å². The number of aromatic nitrogens is 1. The number of aliphatic carboxylic acids is 1. The van der Waals surface area contributed by atoms with Crippen LogP contribution in [0.15, 0.2) is 12.3 Å². The fraction of sp³-hybridized carbons (Fsp3) is 0.429. The fourth-order valence-corrected chi connectivity index (χ4v) is 3.88. The van der Waals surface area contributed by atoms with Gasteiger partial charge in [-0.1, -0.05) is 24.2 Å². The maximum Gasteiger partial charge on any atom is 0.328 e. The van der Waals surface area contributed by atoms with E-state index in [-0.39, 0.29) is 18.2 Å². The summed E-state index contributed by atoms with van der Waals surface area (Å²) in [4.78, 5) is 41.1. The van der Waals surface area contributed by atoms with Gasteiger partial charge in [0.2, 0.25) is 11.8 Å². The molecule has 1 aromatic heterocycles. The van der Waals surface area contributed by atoms with E-state index in [1.165, 1.54) is 17.2 Å². The van der Waals surface area contributed by atoms with E-state index in [0.29, 0.717) is 10.0 Å². The van der Waals surface area contributed by atoms with Crippen molar-refractivity contribution in [1.29, 1.82) is 0 Å². The van der Waals surface area contributed by atoms with Crippen LogP contribution in [0.3, 0.4) is 0 Å². The van der Waals surface area contributed by atoms with Gasteiger partial charge in [-0.05, 0) is 18.9 Å². The first-order valence-corrected chi connectivity index (χ1v) is 7.58. The molecule has 1 aliphatic heterocycles. The lowest BCUT2D eigenvalue weighted by atomic mass is 9.85. The van der Waals surface area contributed by atoms with Crippen molar-refractivity contribution in [2.45, 2.75) is 32.1 Å². The molecule has 0 unspecified atom stereocenters. The maximum atomic E-state index is 12.6. The molecule has 1 aromatic rings. The lowest BCUT2D eigenvalue weighted by molar-refractivity contribution is -0.131. The molecule has 21 heavy (non-hydrogen) atoms. The van der Waals surface area contributed by atoms with Crippen LogP contribution in [0.25, 0.3) is 6.08 Å². The first kappa shape index (κ1) is 13.9. The Morgan fingerprint density at radius 3 is 2.76 bits per heavy atom. The average molecular weight is 306 g/mol. The molecular formula is C14H14N2O4S. The van der Waals surface area contributed by atoms with Crippen LogP contribution >= 0.6 is 11.3 Å². The number of hydrogen-bond donors (Lipinski definition) is 1. The summed E-state index contributed by atoms with van der Waals surface area (Å²) in [5, 5.41) is 8.93. The van der Waals surface area contributed by atoms with Gasteiger partial charge < -0.3 is 5.11 Å². The summed E-state index contributed by atoms with van der Waals surface area (Å²) >= 11 is 1.14. The Balaban J connectivity index is 1.85. The molecule has 7 heteroatoms. The van der Waals surface area contributed by atoms with E-state index in [1.807, 2.05) is 0 Å². The number of imide groups is 1. The first-order valence-electron chi connectivity index (χ1n) is 6.76. The molecule has 0 bridgehead atoms. The molecule has 2 amide bonds. The van der Waals surface area contributed by atoms with E-state index in [9.17, 15) is 14.4 Å². The smallest absolute Gasteiger partial charge is 0.328 e. The summed E-state index contributed by atoms with van der Waals surface area (Å²) < 4.78 is 0. The maximum absolute atomic E-state index is 12.6. The van der Waals surface area contributed by atoms with Crippen LogP contribution in [0.2, 0.25) is 0 Å². The van der Waals surface area contributed by atoms with Gasteiger partial charge in [-0.3, -0.25) is 9.59 Å². The molecule has 1 aliphatic carbocycles. The van der Waals surface area contributed by atoms with Crippen molar-refractivity contribution in [3.63, 3.8) is 0 Å². The van der Waals surface area contributed by atoms with Gasteiger partial charge >= 0.3 is 5.97 Å². The second kappa shape index (κ2) is 5.07. The molecule has 1 saturated heterocycles. The molecule has 6 nitrogen and oxygen atoms in total. The number of carboxylic acids is 1. The molecule has 1 saturated carbocycles. The van der Waals surface area contributed by atoms with Crippen LogP contribution in [-0.2, 0) is 14.4 Å². The summed E-state index contributed by atoms with van der Waals surface area (Å²) in [7, 11) is 0. The highest BCUT2D eigenvalue weighted by atomic mass is 32.1. The Kier molecular flexibility index (Phi) is 3.36. The van der Waals surface area contributed by atoms with Crippen LogP contribution < -0.4 is 4.90 Å². The van der Waals surface area contributed by atoms with Gasteiger partial charge in [0.1, 0.15) is 0 Å². The normalized spacial score (nSPS) is 21.0. The Hall–Kier alpha value is -2.02. The highest BCUT2D eigenvalue weighted by molar-refractivity contribution is 7.16. The van der Waals surface area contributed by atoms with Crippen LogP contribution in [-0.4, -0.2) is 27.9 Å². The number of thiazole rings is 1. The highest BCUT2D eigenvalue weighted by Gasteiger charge is 2.53. The second-order valence-corrected chi connectivity index (χ2v) is 6.46. The highest BCUT2D eigenvalue weighted by Crippen LogP contribution is 2.48. The summed E-state index contributed by atoms with van der Waals surface area (Å²) in [6, 6.07) is 0. The van der Waals surface area contributed by atoms with Crippen LogP contribution in [0.1, 0.15) is 37.0 Å². The summed E-state index contributed by atoms with van der Waals surface area (Å²) in [5.74, 6) is -1.40. The number of amides is 2. The van der Waals surface area contributed by atoms with Gasteiger partial charge in [0.15, 0.2) is 5.13 Å². The van der Waals surface area contributed by atoms with E-state index in [1.54, 1.807) is 0 Å².